The predicted octanol–water partition coefficient (Wildman–Crippen LogP) is 1.31. The number of rotatable bonds is 1. The van der Waals surface area contributed by atoms with E-state index in [0.29, 0.717) is 0 Å². The summed E-state index contributed by atoms with van der Waals surface area (Å²) in [5.41, 5.74) is -0.393. The molecule has 86 valence electrons. The van der Waals surface area contributed by atoms with E-state index in [4.69, 9.17) is 18.9 Å². The van der Waals surface area contributed by atoms with Crippen molar-refractivity contribution in [3.05, 3.63) is 0 Å². The first-order valence-electron chi connectivity index (χ1n) is 5.03. The molecular weight excluding hydrogens is 200 g/mol. The molecule has 0 aromatic heterocycles. The summed E-state index contributed by atoms with van der Waals surface area (Å²) < 4.78 is 21.0. The minimum Gasteiger partial charge on any atom is -0.426 e. The van der Waals surface area contributed by atoms with Crippen LogP contribution >= 0.6 is 0 Å². The number of hydrogen-bond acceptors (Lipinski definition) is 5. The molecule has 2 aliphatic heterocycles. The van der Waals surface area contributed by atoms with Crippen LogP contribution in [0.3, 0.4) is 0 Å². The van der Waals surface area contributed by atoms with Gasteiger partial charge in [-0.05, 0) is 13.8 Å². The van der Waals surface area contributed by atoms with Crippen LogP contribution in [0.1, 0.15) is 20.8 Å². The van der Waals surface area contributed by atoms with Crippen LogP contribution in [0.2, 0.25) is 0 Å². The highest BCUT2D eigenvalue weighted by Gasteiger charge is 2.55. The molecule has 0 aromatic carbocycles. The smallest absolute Gasteiger partial charge is 0.426 e. The maximum Gasteiger partial charge on any atom is 0.509 e. The Morgan fingerprint density at radius 1 is 1.27 bits per heavy atom. The molecule has 2 aliphatic rings. The van der Waals surface area contributed by atoms with Crippen molar-refractivity contribution in [3.8, 4) is 0 Å². The Balaban J connectivity index is 2.24. The third kappa shape index (κ3) is 1.59. The molecule has 0 amide bonds. The van der Waals surface area contributed by atoms with Crippen LogP contribution in [-0.4, -0.2) is 37.4 Å². The first-order valence-corrected chi connectivity index (χ1v) is 5.03. The molecule has 0 radical (unpaired) electrons. The van der Waals surface area contributed by atoms with E-state index in [1.54, 1.807) is 0 Å². The highest BCUT2D eigenvalue weighted by molar-refractivity contribution is 5.62. The highest BCUT2D eigenvalue weighted by atomic mass is 16.8. The van der Waals surface area contributed by atoms with Crippen molar-refractivity contribution < 1.29 is 23.7 Å². The summed E-state index contributed by atoms with van der Waals surface area (Å²) in [7, 11) is 1.53. The lowest BCUT2D eigenvalue weighted by atomic mass is 9.82. The summed E-state index contributed by atoms with van der Waals surface area (Å²) in [6, 6.07) is 0. The van der Waals surface area contributed by atoms with Gasteiger partial charge >= 0.3 is 6.16 Å². The van der Waals surface area contributed by atoms with E-state index in [1.165, 1.54) is 7.11 Å². The van der Waals surface area contributed by atoms with Gasteiger partial charge in [-0.15, -0.1) is 0 Å². The van der Waals surface area contributed by atoms with Crippen molar-refractivity contribution >= 4 is 6.16 Å². The van der Waals surface area contributed by atoms with E-state index in [0.717, 1.165) is 0 Å². The standard InChI is InChI=1S/C10H16O5/c1-5-6-7(14-9(11)13-6)8(12-4)15-10(5,2)3/h5-8H,1-4H3/t5-,6-,7+,8?/m1/s1. The van der Waals surface area contributed by atoms with E-state index in [9.17, 15) is 4.79 Å². The van der Waals surface area contributed by atoms with Crippen LogP contribution in [0.4, 0.5) is 4.79 Å². The zero-order valence-electron chi connectivity index (χ0n) is 9.35. The largest absolute Gasteiger partial charge is 0.509 e. The average Bonchev–Trinajstić information content (AvgIpc) is 2.54. The quantitative estimate of drug-likeness (QED) is 0.618. The van der Waals surface area contributed by atoms with Gasteiger partial charge in [0.2, 0.25) is 0 Å². The monoisotopic (exact) mass is 216 g/mol. The van der Waals surface area contributed by atoms with E-state index in [1.807, 2.05) is 20.8 Å². The third-order valence-corrected chi connectivity index (χ3v) is 3.30. The molecule has 0 N–H and O–H groups in total. The van der Waals surface area contributed by atoms with Crippen molar-refractivity contribution in [2.24, 2.45) is 5.92 Å². The lowest BCUT2D eigenvalue weighted by Gasteiger charge is -2.44. The summed E-state index contributed by atoms with van der Waals surface area (Å²) in [6.07, 6.45) is -1.93. The minimum absolute atomic E-state index is 0.0698. The van der Waals surface area contributed by atoms with Gasteiger partial charge in [0.05, 0.1) is 5.60 Å². The van der Waals surface area contributed by atoms with Gasteiger partial charge in [0, 0.05) is 13.0 Å². The Hall–Kier alpha value is -0.810. The van der Waals surface area contributed by atoms with Gasteiger partial charge in [-0.3, -0.25) is 0 Å². The van der Waals surface area contributed by atoms with Crippen molar-refractivity contribution in [1.29, 1.82) is 0 Å². The van der Waals surface area contributed by atoms with Crippen LogP contribution in [0, 0.1) is 5.92 Å². The number of carbonyl (C=O) groups excluding carboxylic acids is 1. The minimum atomic E-state index is -0.639. The van der Waals surface area contributed by atoms with Crippen LogP contribution in [0.25, 0.3) is 0 Å². The molecule has 2 rings (SSSR count). The first-order chi connectivity index (χ1) is 6.95. The molecule has 2 fully saturated rings. The van der Waals surface area contributed by atoms with Crippen molar-refractivity contribution in [3.63, 3.8) is 0 Å². The van der Waals surface area contributed by atoms with Crippen LogP contribution in [0.5, 0.6) is 0 Å². The summed E-state index contributed by atoms with van der Waals surface area (Å²) >= 11 is 0. The average molecular weight is 216 g/mol. The second-order valence-corrected chi connectivity index (χ2v) is 4.53. The topological polar surface area (TPSA) is 54.0 Å². The van der Waals surface area contributed by atoms with Crippen LogP contribution in [0.15, 0.2) is 0 Å². The fourth-order valence-corrected chi connectivity index (χ4v) is 2.03. The molecule has 2 heterocycles. The Labute approximate surface area is 88.6 Å². The second kappa shape index (κ2) is 3.35. The molecular formula is C10H16O5. The number of hydrogen-bond donors (Lipinski definition) is 0. The maximum atomic E-state index is 11.1. The molecule has 0 aromatic rings. The van der Waals surface area contributed by atoms with Gasteiger partial charge < -0.3 is 18.9 Å². The Kier molecular flexibility index (Phi) is 2.39. The number of methoxy groups -OCH3 is 1. The molecule has 0 spiro atoms. The third-order valence-electron chi connectivity index (χ3n) is 3.30. The fraction of sp³-hybridized carbons (Fsp3) is 0.900. The van der Waals surface area contributed by atoms with E-state index < -0.39 is 24.2 Å². The van der Waals surface area contributed by atoms with Crippen molar-refractivity contribution in [2.45, 2.75) is 44.9 Å². The highest BCUT2D eigenvalue weighted by Crippen LogP contribution is 2.40. The Morgan fingerprint density at radius 2 is 1.87 bits per heavy atom. The lowest BCUT2D eigenvalue weighted by Crippen LogP contribution is -2.57. The summed E-state index contributed by atoms with van der Waals surface area (Å²) in [5.74, 6) is 0.0698. The molecule has 0 aliphatic carbocycles. The van der Waals surface area contributed by atoms with Gasteiger partial charge in [-0.25, -0.2) is 4.79 Å². The van der Waals surface area contributed by atoms with Gasteiger partial charge in [0.15, 0.2) is 18.5 Å². The van der Waals surface area contributed by atoms with Gasteiger partial charge in [0.25, 0.3) is 0 Å². The Morgan fingerprint density at radius 3 is 2.47 bits per heavy atom. The predicted molar refractivity (Wildman–Crippen MR) is 50.3 cm³/mol. The number of fused-ring (bicyclic) bond motifs is 1. The molecule has 0 bridgehead atoms. The fourth-order valence-electron chi connectivity index (χ4n) is 2.03. The van der Waals surface area contributed by atoms with Gasteiger partial charge in [0.1, 0.15) is 0 Å². The first kappa shape index (κ1) is 10.7. The van der Waals surface area contributed by atoms with Crippen molar-refractivity contribution in [1.82, 2.24) is 0 Å². The van der Waals surface area contributed by atoms with E-state index in [2.05, 4.69) is 0 Å². The number of ether oxygens (including phenoxy) is 4. The van der Waals surface area contributed by atoms with Gasteiger partial charge in [-0.2, -0.15) is 0 Å². The maximum absolute atomic E-state index is 11.1. The molecule has 1 unspecified atom stereocenters. The summed E-state index contributed by atoms with van der Waals surface area (Å²) in [4.78, 5) is 11.1. The Bertz CT molecular complexity index is 275. The molecule has 2 saturated heterocycles. The molecule has 4 atom stereocenters. The van der Waals surface area contributed by atoms with Crippen LogP contribution in [-0.2, 0) is 18.9 Å². The lowest BCUT2D eigenvalue weighted by molar-refractivity contribution is -0.280. The molecule has 5 nitrogen and oxygen atoms in total. The summed E-state index contributed by atoms with van der Waals surface area (Å²) in [6.45, 7) is 5.88. The molecule has 0 saturated carbocycles. The SMILES string of the molecule is COC1OC(C)(C)[C@H](C)[C@H]2OC(=O)O[C@H]12. The molecule has 5 heteroatoms. The second-order valence-electron chi connectivity index (χ2n) is 4.53. The zero-order valence-corrected chi connectivity index (χ0v) is 9.35. The van der Waals surface area contributed by atoms with Crippen LogP contribution < -0.4 is 0 Å². The van der Waals surface area contributed by atoms with E-state index >= 15 is 0 Å². The van der Waals surface area contributed by atoms with Gasteiger partial charge in [-0.1, -0.05) is 6.92 Å². The van der Waals surface area contributed by atoms with Crippen molar-refractivity contribution in [2.75, 3.05) is 7.11 Å². The summed E-state index contributed by atoms with van der Waals surface area (Å²) in [5, 5.41) is 0. The molecule has 15 heavy (non-hydrogen) atoms. The normalized spacial score (nSPS) is 43.1. The van der Waals surface area contributed by atoms with E-state index in [-0.39, 0.29) is 12.0 Å². The zero-order chi connectivity index (χ0) is 11.2. The number of carbonyl (C=O) groups is 1.